The molecule has 15 aromatic rings. The zero-order valence-corrected chi connectivity index (χ0v) is 34.8. The Kier molecular flexibility index (Phi) is 6.77. The first-order valence-electron chi connectivity index (χ1n) is 22.4. The normalized spacial score (nSPS) is 12.4. The van der Waals surface area contributed by atoms with Gasteiger partial charge in [0, 0.05) is 0 Å². The predicted octanol–water partition coefficient (Wildman–Crippen LogP) is 18.2. The fraction of sp³-hybridized carbons (Fsp3) is 0. The van der Waals surface area contributed by atoms with E-state index in [4.69, 9.17) is 0 Å². The van der Waals surface area contributed by atoms with Crippen LogP contribution in [0.5, 0.6) is 0 Å². The predicted molar refractivity (Wildman–Crippen MR) is 278 cm³/mol. The van der Waals surface area contributed by atoms with E-state index in [0.29, 0.717) is 0 Å². The van der Waals surface area contributed by atoms with E-state index in [1.807, 2.05) is 0 Å². The first-order valence-corrected chi connectivity index (χ1v) is 22.4. The topological polar surface area (TPSA) is 0 Å². The fourth-order valence-corrected chi connectivity index (χ4v) is 12.0. The van der Waals surface area contributed by atoms with Gasteiger partial charge in [-0.3, -0.25) is 0 Å². The van der Waals surface area contributed by atoms with Crippen LogP contribution in [0.3, 0.4) is 0 Å². The second-order valence-corrected chi connectivity index (χ2v) is 17.8. The molecular weight excluding hydrogens is 769 g/mol. The van der Waals surface area contributed by atoms with E-state index in [1.54, 1.807) is 0 Å². The summed E-state index contributed by atoms with van der Waals surface area (Å²) in [5, 5.41) is 28.5. The van der Waals surface area contributed by atoms with Gasteiger partial charge in [0.15, 0.2) is 0 Å². The summed E-state index contributed by atoms with van der Waals surface area (Å²) in [6, 6.07) is 82.6. The zero-order chi connectivity index (χ0) is 41.6. The van der Waals surface area contributed by atoms with Crippen LogP contribution in [0.1, 0.15) is 0 Å². The molecule has 0 heterocycles. The van der Waals surface area contributed by atoms with Gasteiger partial charge in [-0.1, -0.05) is 206 Å². The van der Waals surface area contributed by atoms with Gasteiger partial charge in [-0.2, -0.15) is 0 Å². The highest BCUT2D eigenvalue weighted by Crippen LogP contribution is 2.51. The third-order valence-corrected chi connectivity index (χ3v) is 14.7. The molecule has 0 radical (unpaired) electrons. The van der Waals surface area contributed by atoms with Crippen LogP contribution in [0.2, 0.25) is 0 Å². The molecule has 0 bridgehead atoms. The van der Waals surface area contributed by atoms with Crippen molar-refractivity contribution in [3.05, 3.63) is 218 Å². The lowest BCUT2D eigenvalue weighted by atomic mass is 9.80. The molecule has 0 aliphatic rings. The SMILES string of the molecule is c1ccc2cc(-c3ccc4c(-c5ccc6c7cccc8cccc(c9cccc5c96)c87)c5ccccc5c(-c5ccc6c7cccc8cccc(c9cccc5c96)c87)c4c3)ccc2c1. The largest absolute Gasteiger partial charge is 0.0616 e. The van der Waals surface area contributed by atoms with Crippen LogP contribution in [0.4, 0.5) is 0 Å². The van der Waals surface area contributed by atoms with Crippen LogP contribution in [0.25, 0.3) is 152 Å². The standard InChI is InChI=1S/C64H36/c1-2-12-40-35-41(28-27-37(40)11-1)42-29-30-57-58(36-42)64(56-34-32-54-46-22-8-16-39-14-6-20-44(60(39)46)50-24-10-26-52(56)62(50)54)48-18-4-3-17-47(48)63(57)55-33-31-53-45-21-7-15-38-13-5-19-43(59(38)45)49-23-9-25-51(55)61(49)53/h1-36H. The van der Waals surface area contributed by atoms with Crippen molar-refractivity contribution in [2.45, 2.75) is 0 Å². The van der Waals surface area contributed by atoms with Crippen LogP contribution in [0.15, 0.2) is 218 Å². The van der Waals surface area contributed by atoms with Crippen molar-refractivity contribution in [3.8, 4) is 33.4 Å². The summed E-state index contributed by atoms with van der Waals surface area (Å²) in [5.74, 6) is 0. The number of fused-ring (bicyclic) bond motifs is 7. The molecule has 0 spiro atoms. The second kappa shape index (κ2) is 12.6. The molecule has 15 aromatic carbocycles. The molecule has 0 aliphatic carbocycles. The lowest BCUT2D eigenvalue weighted by Crippen LogP contribution is -1.95. The summed E-state index contributed by atoms with van der Waals surface area (Å²) < 4.78 is 0. The van der Waals surface area contributed by atoms with Gasteiger partial charge < -0.3 is 0 Å². The van der Waals surface area contributed by atoms with Crippen molar-refractivity contribution in [2.24, 2.45) is 0 Å². The van der Waals surface area contributed by atoms with E-state index in [2.05, 4.69) is 218 Å². The van der Waals surface area contributed by atoms with E-state index < -0.39 is 0 Å². The van der Waals surface area contributed by atoms with Crippen molar-refractivity contribution in [1.82, 2.24) is 0 Å². The van der Waals surface area contributed by atoms with Gasteiger partial charge in [0.25, 0.3) is 0 Å². The van der Waals surface area contributed by atoms with Gasteiger partial charge in [0.05, 0.1) is 0 Å². The average Bonchev–Trinajstić information content (AvgIpc) is 3.36. The van der Waals surface area contributed by atoms with Gasteiger partial charge in [-0.25, -0.2) is 0 Å². The number of hydrogen-bond acceptors (Lipinski definition) is 0. The molecule has 0 amide bonds. The van der Waals surface area contributed by atoms with Crippen LogP contribution in [-0.2, 0) is 0 Å². The van der Waals surface area contributed by atoms with Crippen LogP contribution in [-0.4, -0.2) is 0 Å². The molecule has 0 atom stereocenters. The van der Waals surface area contributed by atoms with E-state index in [0.717, 1.165) is 0 Å². The zero-order valence-electron chi connectivity index (χ0n) is 34.8. The Morgan fingerprint density at radius 1 is 0.172 bits per heavy atom. The fourth-order valence-electron chi connectivity index (χ4n) is 12.0. The second-order valence-electron chi connectivity index (χ2n) is 17.8. The molecule has 0 saturated carbocycles. The Labute approximate surface area is 368 Å². The summed E-state index contributed by atoms with van der Waals surface area (Å²) in [4.78, 5) is 0. The van der Waals surface area contributed by atoms with Gasteiger partial charge in [0.1, 0.15) is 0 Å². The lowest BCUT2D eigenvalue weighted by molar-refractivity contribution is 1.67. The maximum Gasteiger partial charge on any atom is -0.00199 e. The molecule has 0 aromatic heterocycles. The molecule has 0 N–H and O–H groups in total. The van der Waals surface area contributed by atoms with Gasteiger partial charge >= 0.3 is 0 Å². The number of hydrogen-bond donors (Lipinski definition) is 0. The first kappa shape index (κ1) is 34.3. The van der Waals surface area contributed by atoms with Gasteiger partial charge in [-0.05, 0) is 164 Å². The minimum absolute atomic E-state index is 1.21. The van der Waals surface area contributed by atoms with Crippen molar-refractivity contribution >= 4 is 118 Å². The molecule has 0 saturated heterocycles. The molecule has 0 aliphatic heterocycles. The lowest BCUT2D eigenvalue weighted by Gasteiger charge is -2.22. The van der Waals surface area contributed by atoms with Gasteiger partial charge in [0.2, 0.25) is 0 Å². The molecule has 292 valence electrons. The summed E-state index contributed by atoms with van der Waals surface area (Å²) in [5.41, 5.74) is 7.52. The molecule has 15 rings (SSSR count). The van der Waals surface area contributed by atoms with E-state index in [9.17, 15) is 0 Å². The van der Waals surface area contributed by atoms with Crippen molar-refractivity contribution in [1.29, 1.82) is 0 Å². The molecule has 0 heteroatoms. The number of benzene rings is 15. The van der Waals surface area contributed by atoms with Crippen molar-refractivity contribution in [3.63, 3.8) is 0 Å². The summed E-state index contributed by atoms with van der Waals surface area (Å²) in [7, 11) is 0. The van der Waals surface area contributed by atoms with Crippen LogP contribution < -0.4 is 0 Å². The van der Waals surface area contributed by atoms with Crippen LogP contribution >= 0.6 is 0 Å². The molecule has 0 fully saturated rings. The highest BCUT2D eigenvalue weighted by molar-refractivity contribution is 6.37. The summed E-state index contributed by atoms with van der Waals surface area (Å²) >= 11 is 0. The van der Waals surface area contributed by atoms with E-state index in [-0.39, 0.29) is 0 Å². The van der Waals surface area contributed by atoms with E-state index >= 15 is 0 Å². The Bertz CT molecular complexity index is 4370. The Morgan fingerprint density at radius 3 is 1.06 bits per heavy atom. The minimum atomic E-state index is 1.21. The third-order valence-electron chi connectivity index (χ3n) is 14.7. The smallest absolute Gasteiger partial charge is 0.00199 e. The molecule has 0 nitrogen and oxygen atoms in total. The third kappa shape index (κ3) is 4.51. The van der Waals surface area contributed by atoms with Crippen molar-refractivity contribution in [2.75, 3.05) is 0 Å². The quantitative estimate of drug-likeness (QED) is 0.123. The summed E-state index contributed by atoms with van der Waals surface area (Å²) in [6.07, 6.45) is 0. The summed E-state index contributed by atoms with van der Waals surface area (Å²) in [6.45, 7) is 0. The van der Waals surface area contributed by atoms with E-state index in [1.165, 1.54) is 152 Å². The Morgan fingerprint density at radius 2 is 0.516 bits per heavy atom. The molecule has 0 unspecified atom stereocenters. The molecular formula is C64H36. The Balaban J connectivity index is 1.10. The Hall–Kier alpha value is -8.32. The number of rotatable bonds is 3. The van der Waals surface area contributed by atoms with Gasteiger partial charge in [-0.15, -0.1) is 0 Å². The highest BCUT2D eigenvalue weighted by Gasteiger charge is 2.23. The molecule has 64 heavy (non-hydrogen) atoms. The average molecular weight is 805 g/mol. The maximum atomic E-state index is 2.48. The monoisotopic (exact) mass is 804 g/mol. The maximum absolute atomic E-state index is 2.48. The van der Waals surface area contributed by atoms with Crippen molar-refractivity contribution < 1.29 is 0 Å². The van der Waals surface area contributed by atoms with Crippen LogP contribution in [0, 0.1) is 0 Å². The highest BCUT2D eigenvalue weighted by atomic mass is 14.3. The first-order chi connectivity index (χ1) is 31.8. The minimum Gasteiger partial charge on any atom is -0.0616 e.